The minimum atomic E-state index is 0.0692. The van der Waals surface area contributed by atoms with Gasteiger partial charge in [-0.05, 0) is 42.5 Å². The molecular weight excluding hydrogens is 332 g/mol. The van der Waals surface area contributed by atoms with Crippen LogP contribution in [0.25, 0.3) is 10.1 Å². The first-order valence-corrected chi connectivity index (χ1v) is 9.38. The van der Waals surface area contributed by atoms with Gasteiger partial charge in [0.2, 0.25) is 0 Å². The largest absolute Gasteiger partial charge is 0.354 e. The molecule has 0 unspecified atom stereocenters. The first-order valence-electron chi connectivity index (χ1n) is 8.50. The van der Waals surface area contributed by atoms with Gasteiger partial charge in [-0.3, -0.25) is 9.78 Å². The Bertz CT molecular complexity index is 907. The van der Waals surface area contributed by atoms with E-state index < -0.39 is 0 Å². The van der Waals surface area contributed by atoms with Crippen molar-refractivity contribution in [3.05, 3.63) is 53.3 Å². The highest BCUT2D eigenvalue weighted by Gasteiger charge is 2.22. The highest BCUT2D eigenvalue weighted by Crippen LogP contribution is 2.29. The normalized spacial score (nSPS) is 15.4. The minimum Gasteiger partial charge on any atom is -0.354 e. The Labute approximate surface area is 150 Å². The van der Waals surface area contributed by atoms with Crippen LogP contribution in [-0.4, -0.2) is 47.0 Å². The fraction of sp³-hybridized carbons (Fsp3) is 0.316. The average Bonchev–Trinajstić information content (AvgIpc) is 2.98. The van der Waals surface area contributed by atoms with Crippen LogP contribution in [0.2, 0.25) is 0 Å². The lowest BCUT2D eigenvalue weighted by atomic mass is 10.2. The van der Waals surface area contributed by atoms with Gasteiger partial charge in [-0.25, -0.2) is 4.98 Å². The molecule has 0 aliphatic carbocycles. The summed E-state index contributed by atoms with van der Waals surface area (Å²) < 4.78 is 1.26. The van der Waals surface area contributed by atoms with E-state index in [2.05, 4.69) is 32.4 Å². The summed E-state index contributed by atoms with van der Waals surface area (Å²) in [5.41, 5.74) is 1.68. The van der Waals surface area contributed by atoms with Crippen molar-refractivity contribution < 1.29 is 4.79 Å². The quantitative estimate of drug-likeness (QED) is 0.710. The molecule has 0 bridgehead atoms. The number of rotatable bonds is 2. The molecule has 0 radical (unpaired) electrons. The lowest BCUT2D eigenvalue weighted by Crippen LogP contribution is -2.35. The van der Waals surface area contributed by atoms with Crippen molar-refractivity contribution in [2.75, 3.05) is 31.1 Å². The Morgan fingerprint density at radius 1 is 1.16 bits per heavy atom. The molecule has 0 N–H and O–H groups in total. The van der Waals surface area contributed by atoms with Crippen molar-refractivity contribution in [1.82, 2.24) is 14.9 Å². The Kier molecular flexibility index (Phi) is 4.36. The minimum absolute atomic E-state index is 0.0692. The van der Waals surface area contributed by atoms with E-state index in [0.717, 1.165) is 37.4 Å². The number of hydrogen-bond donors (Lipinski definition) is 0. The Hall–Kier alpha value is -2.47. The van der Waals surface area contributed by atoms with Crippen LogP contribution in [0.3, 0.4) is 0 Å². The fourth-order valence-corrected chi connectivity index (χ4v) is 4.10. The summed E-state index contributed by atoms with van der Waals surface area (Å²) in [5.74, 6) is 1.10. The van der Waals surface area contributed by atoms with Gasteiger partial charge in [0, 0.05) is 54.9 Å². The van der Waals surface area contributed by atoms with E-state index in [9.17, 15) is 4.79 Å². The number of aryl methyl sites for hydroxylation is 1. The summed E-state index contributed by atoms with van der Waals surface area (Å²) in [5, 5.41) is 3.31. The molecule has 1 aliphatic rings. The molecule has 1 fully saturated rings. The SMILES string of the molecule is Cc1cncc(C(=O)N2CCCN(c3nccc4sccc34)CC2)c1. The molecule has 3 aromatic heterocycles. The van der Waals surface area contributed by atoms with Crippen molar-refractivity contribution in [2.45, 2.75) is 13.3 Å². The molecule has 4 rings (SSSR count). The third kappa shape index (κ3) is 3.22. The van der Waals surface area contributed by atoms with E-state index in [0.29, 0.717) is 12.1 Å². The van der Waals surface area contributed by atoms with E-state index in [1.54, 1.807) is 23.7 Å². The van der Waals surface area contributed by atoms with Crippen LogP contribution in [0.15, 0.2) is 42.2 Å². The molecule has 3 aromatic rings. The second-order valence-corrected chi connectivity index (χ2v) is 7.30. The number of hydrogen-bond acceptors (Lipinski definition) is 5. The van der Waals surface area contributed by atoms with Crippen molar-refractivity contribution in [3.63, 3.8) is 0 Å². The maximum absolute atomic E-state index is 12.8. The van der Waals surface area contributed by atoms with Gasteiger partial charge in [-0.1, -0.05) is 0 Å². The van der Waals surface area contributed by atoms with Crippen LogP contribution in [-0.2, 0) is 0 Å². The molecule has 5 nitrogen and oxygen atoms in total. The third-order valence-corrected chi connectivity index (χ3v) is 5.45. The lowest BCUT2D eigenvalue weighted by molar-refractivity contribution is 0.0766. The van der Waals surface area contributed by atoms with Crippen molar-refractivity contribution >= 4 is 33.1 Å². The van der Waals surface area contributed by atoms with Gasteiger partial charge in [-0.15, -0.1) is 11.3 Å². The molecule has 1 amide bonds. The van der Waals surface area contributed by atoms with Gasteiger partial charge in [0.1, 0.15) is 5.82 Å². The molecule has 0 saturated carbocycles. The zero-order valence-electron chi connectivity index (χ0n) is 14.2. The first-order chi connectivity index (χ1) is 12.2. The number of fused-ring (bicyclic) bond motifs is 1. The van der Waals surface area contributed by atoms with E-state index in [1.807, 2.05) is 24.1 Å². The molecule has 0 aromatic carbocycles. The van der Waals surface area contributed by atoms with Crippen LogP contribution in [0.5, 0.6) is 0 Å². The molecule has 1 saturated heterocycles. The van der Waals surface area contributed by atoms with Gasteiger partial charge < -0.3 is 9.80 Å². The van der Waals surface area contributed by atoms with E-state index in [-0.39, 0.29) is 5.91 Å². The van der Waals surface area contributed by atoms with Crippen molar-refractivity contribution in [1.29, 1.82) is 0 Å². The van der Waals surface area contributed by atoms with Gasteiger partial charge in [0.15, 0.2) is 0 Å². The molecule has 0 spiro atoms. The Balaban J connectivity index is 1.52. The summed E-state index contributed by atoms with van der Waals surface area (Å²) in [7, 11) is 0. The zero-order chi connectivity index (χ0) is 17.2. The second-order valence-electron chi connectivity index (χ2n) is 6.35. The highest BCUT2D eigenvalue weighted by atomic mass is 32.1. The number of pyridine rings is 2. The number of nitrogens with zero attached hydrogens (tertiary/aromatic N) is 4. The summed E-state index contributed by atoms with van der Waals surface area (Å²) in [6, 6.07) is 6.10. The van der Waals surface area contributed by atoms with Crippen LogP contribution < -0.4 is 4.90 Å². The maximum Gasteiger partial charge on any atom is 0.255 e. The predicted molar refractivity (Wildman–Crippen MR) is 101 cm³/mol. The Morgan fingerprint density at radius 2 is 2.08 bits per heavy atom. The topological polar surface area (TPSA) is 49.3 Å². The average molecular weight is 352 g/mol. The number of aromatic nitrogens is 2. The number of carbonyl (C=O) groups is 1. The number of carbonyl (C=O) groups excluding carboxylic acids is 1. The maximum atomic E-state index is 12.8. The number of anilines is 1. The van der Waals surface area contributed by atoms with E-state index >= 15 is 0 Å². The van der Waals surface area contributed by atoms with Crippen LogP contribution in [0.1, 0.15) is 22.3 Å². The predicted octanol–water partition coefficient (Wildman–Crippen LogP) is 3.35. The summed E-state index contributed by atoms with van der Waals surface area (Å²) in [6.45, 7) is 5.14. The summed E-state index contributed by atoms with van der Waals surface area (Å²) in [6.07, 6.45) is 6.24. The molecule has 1 aliphatic heterocycles. The Morgan fingerprint density at radius 3 is 2.96 bits per heavy atom. The van der Waals surface area contributed by atoms with Crippen LogP contribution in [0, 0.1) is 6.92 Å². The molecule has 0 atom stereocenters. The third-order valence-electron chi connectivity index (χ3n) is 4.56. The monoisotopic (exact) mass is 352 g/mol. The summed E-state index contributed by atoms with van der Waals surface area (Å²) in [4.78, 5) is 25.8. The van der Waals surface area contributed by atoms with Gasteiger partial charge in [-0.2, -0.15) is 0 Å². The zero-order valence-corrected chi connectivity index (χ0v) is 15.0. The van der Waals surface area contributed by atoms with Gasteiger partial charge >= 0.3 is 0 Å². The van der Waals surface area contributed by atoms with Crippen molar-refractivity contribution in [3.8, 4) is 0 Å². The van der Waals surface area contributed by atoms with Crippen LogP contribution >= 0.6 is 11.3 Å². The molecule has 25 heavy (non-hydrogen) atoms. The van der Waals surface area contributed by atoms with Gasteiger partial charge in [0.25, 0.3) is 5.91 Å². The standard InChI is InChI=1S/C19H20N4OS/c1-14-11-15(13-20-12-14)19(24)23-7-2-6-22(8-9-23)18-16-4-10-25-17(16)3-5-21-18/h3-5,10-13H,2,6-9H2,1H3. The number of thiophene rings is 1. The molecule has 128 valence electrons. The summed E-state index contributed by atoms with van der Waals surface area (Å²) >= 11 is 1.74. The number of amides is 1. The van der Waals surface area contributed by atoms with E-state index in [1.165, 1.54) is 10.1 Å². The lowest BCUT2D eigenvalue weighted by Gasteiger charge is -2.23. The molecule has 6 heteroatoms. The molecule has 4 heterocycles. The van der Waals surface area contributed by atoms with Gasteiger partial charge in [0.05, 0.1) is 5.56 Å². The fourth-order valence-electron chi connectivity index (χ4n) is 3.32. The highest BCUT2D eigenvalue weighted by molar-refractivity contribution is 7.17. The molecular formula is C19H20N4OS. The smallest absolute Gasteiger partial charge is 0.255 e. The second kappa shape index (κ2) is 6.80. The first kappa shape index (κ1) is 16.0. The van der Waals surface area contributed by atoms with Crippen molar-refractivity contribution in [2.24, 2.45) is 0 Å². The van der Waals surface area contributed by atoms with Crippen LogP contribution in [0.4, 0.5) is 5.82 Å². The van der Waals surface area contributed by atoms with E-state index in [4.69, 9.17) is 0 Å².